The van der Waals surface area contributed by atoms with Crippen LogP contribution in [0.2, 0.25) is 0 Å². The van der Waals surface area contributed by atoms with Gasteiger partial charge in [0, 0.05) is 6.07 Å². The first kappa shape index (κ1) is 11.1. The third kappa shape index (κ3) is 2.23. The number of aromatic carboxylic acids is 1. The van der Waals surface area contributed by atoms with Crippen LogP contribution in [0.15, 0.2) is 41.2 Å². The van der Waals surface area contributed by atoms with Crippen LogP contribution in [0.3, 0.4) is 0 Å². The van der Waals surface area contributed by atoms with Crippen LogP contribution in [0, 0.1) is 0 Å². The number of hydrogen-bond acceptors (Lipinski definition) is 4. The van der Waals surface area contributed by atoms with Crippen molar-refractivity contribution >= 4 is 5.97 Å². The van der Waals surface area contributed by atoms with Gasteiger partial charge in [-0.3, -0.25) is 0 Å². The Morgan fingerprint density at radius 1 is 1.35 bits per heavy atom. The summed E-state index contributed by atoms with van der Waals surface area (Å²) < 4.78 is 15.3. The van der Waals surface area contributed by atoms with Crippen LogP contribution < -0.4 is 9.47 Å². The molecule has 0 aliphatic heterocycles. The fourth-order valence-electron chi connectivity index (χ4n) is 1.38. The Bertz CT molecular complexity index is 516. The van der Waals surface area contributed by atoms with Crippen LogP contribution in [0.1, 0.15) is 10.4 Å². The summed E-state index contributed by atoms with van der Waals surface area (Å²) in [5.41, 5.74) is 0.0329. The number of benzene rings is 1. The quantitative estimate of drug-likeness (QED) is 0.880. The van der Waals surface area contributed by atoms with E-state index >= 15 is 0 Å². The molecular weight excluding hydrogens is 224 g/mol. The summed E-state index contributed by atoms with van der Waals surface area (Å²) in [5, 5.41) is 9.06. The Kier molecular flexibility index (Phi) is 3.00. The minimum absolute atomic E-state index is 0.0329. The van der Waals surface area contributed by atoms with Gasteiger partial charge in [-0.25, -0.2) is 4.79 Å². The van der Waals surface area contributed by atoms with Gasteiger partial charge in [0.05, 0.1) is 13.4 Å². The molecule has 1 aromatic heterocycles. The number of carboxylic acids is 1. The largest absolute Gasteiger partial charge is 0.493 e. The minimum atomic E-state index is -1.08. The van der Waals surface area contributed by atoms with Gasteiger partial charge in [-0.2, -0.15) is 0 Å². The summed E-state index contributed by atoms with van der Waals surface area (Å²) in [7, 11) is 1.45. The summed E-state index contributed by atoms with van der Waals surface area (Å²) in [4.78, 5) is 11.1. The average Bonchev–Trinajstić information content (AvgIpc) is 2.82. The first-order valence-corrected chi connectivity index (χ1v) is 4.82. The molecule has 0 aliphatic carbocycles. The zero-order chi connectivity index (χ0) is 12.3. The molecule has 0 radical (unpaired) electrons. The molecule has 0 atom stereocenters. The van der Waals surface area contributed by atoms with Crippen molar-refractivity contribution in [3.05, 3.63) is 42.4 Å². The second kappa shape index (κ2) is 4.61. The molecule has 2 aromatic rings. The number of furan rings is 1. The highest BCUT2D eigenvalue weighted by atomic mass is 16.5. The molecule has 1 aromatic carbocycles. The summed E-state index contributed by atoms with van der Waals surface area (Å²) in [6.07, 6.45) is 2.81. The molecule has 0 bridgehead atoms. The van der Waals surface area contributed by atoms with Crippen molar-refractivity contribution in [1.29, 1.82) is 0 Å². The van der Waals surface area contributed by atoms with Gasteiger partial charge < -0.3 is 19.0 Å². The van der Waals surface area contributed by atoms with Crippen LogP contribution >= 0.6 is 0 Å². The van der Waals surface area contributed by atoms with Crippen molar-refractivity contribution in [3.8, 4) is 17.2 Å². The Hall–Kier alpha value is -2.43. The number of para-hydroxylation sites is 1. The maximum atomic E-state index is 11.1. The van der Waals surface area contributed by atoms with E-state index in [9.17, 15) is 4.79 Å². The molecule has 1 N–H and O–H groups in total. The van der Waals surface area contributed by atoms with E-state index in [1.807, 2.05) is 0 Å². The summed E-state index contributed by atoms with van der Waals surface area (Å²) >= 11 is 0. The predicted octanol–water partition coefficient (Wildman–Crippen LogP) is 2.78. The number of ether oxygens (including phenoxy) is 2. The second-order valence-electron chi connectivity index (χ2n) is 3.20. The molecule has 0 saturated heterocycles. The lowest BCUT2D eigenvalue weighted by atomic mass is 10.2. The van der Waals surface area contributed by atoms with E-state index in [1.54, 1.807) is 18.2 Å². The summed E-state index contributed by atoms with van der Waals surface area (Å²) in [6, 6.07) is 6.24. The number of carbonyl (C=O) groups is 1. The lowest BCUT2D eigenvalue weighted by Crippen LogP contribution is -2.01. The number of carboxylic acid groups (broad SMARTS) is 1. The van der Waals surface area contributed by atoms with Gasteiger partial charge in [-0.1, -0.05) is 6.07 Å². The van der Waals surface area contributed by atoms with Gasteiger partial charge in [-0.15, -0.1) is 0 Å². The fourth-order valence-corrected chi connectivity index (χ4v) is 1.38. The SMILES string of the molecule is COc1cccc(C(=O)O)c1Oc1ccoc1. The molecule has 1 heterocycles. The first-order valence-electron chi connectivity index (χ1n) is 4.82. The van der Waals surface area contributed by atoms with Gasteiger partial charge in [0.2, 0.25) is 0 Å². The van der Waals surface area contributed by atoms with E-state index in [1.165, 1.54) is 25.7 Å². The molecule has 0 unspecified atom stereocenters. The van der Waals surface area contributed by atoms with Gasteiger partial charge in [0.25, 0.3) is 0 Å². The molecule has 17 heavy (non-hydrogen) atoms. The van der Waals surface area contributed by atoms with Crippen molar-refractivity contribution in [2.24, 2.45) is 0 Å². The van der Waals surface area contributed by atoms with Gasteiger partial charge in [0.15, 0.2) is 17.2 Å². The van der Waals surface area contributed by atoms with Crippen LogP contribution in [-0.2, 0) is 0 Å². The Balaban J connectivity index is 2.45. The zero-order valence-corrected chi connectivity index (χ0v) is 9.04. The van der Waals surface area contributed by atoms with Crippen molar-refractivity contribution in [2.75, 3.05) is 7.11 Å². The van der Waals surface area contributed by atoms with E-state index in [0.717, 1.165) is 0 Å². The van der Waals surface area contributed by atoms with Crippen LogP contribution in [-0.4, -0.2) is 18.2 Å². The van der Waals surface area contributed by atoms with Gasteiger partial charge >= 0.3 is 5.97 Å². The highest BCUT2D eigenvalue weighted by Gasteiger charge is 2.17. The number of rotatable bonds is 4. The monoisotopic (exact) mass is 234 g/mol. The van der Waals surface area contributed by atoms with Crippen molar-refractivity contribution in [1.82, 2.24) is 0 Å². The number of methoxy groups -OCH3 is 1. The Morgan fingerprint density at radius 2 is 2.18 bits per heavy atom. The first-order chi connectivity index (χ1) is 8.22. The van der Waals surface area contributed by atoms with E-state index in [4.69, 9.17) is 19.0 Å². The molecule has 2 rings (SSSR count). The van der Waals surface area contributed by atoms with E-state index < -0.39 is 5.97 Å². The van der Waals surface area contributed by atoms with Crippen molar-refractivity contribution in [3.63, 3.8) is 0 Å². The molecule has 0 aliphatic rings. The van der Waals surface area contributed by atoms with Gasteiger partial charge in [-0.05, 0) is 12.1 Å². The molecular formula is C12H10O5. The second-order valence-corrected chi connectivity index (χ2v) is 3.20. The molecule has 88 valence electrons. The molecule has 0 spiro atoms. The lowest BCUT2D eigenvalue weighted by molar-refractivity contribution is 0.0693. The number of hydrogen-bond donors (Lipinski definition) is 1. The third-order valence-corrected chi connectivity index (χ3v) is 2.14. The van der Waals surface area contributed by atoms with Crippen LogP contribution in [0.5, 0.6) is 17.2 Å². The van der Waals surface area contributed by atoms with Crippen molar-refractivity contribution < 1.29 is 23.8 Å². The summed E-state index contributed by atoms with van der Waals surface area (Å²) in [5.74, 6) is -0.158. The van der Waals surface area contributed by atoms with Crippen molar-refractivity contribution in [2.45, 2.75) is 0 Å². The topological polar surface area (TPSA) is 68.9 Å². The minimum Gasteiger partial charge on any atom is -0.493 e. The van der Waals surface area contributed by atoms with E-state index in [0.29, 0.717) is 11.5 Å². The highest BCUT2D eigenvalue weighted by molar-refractivity contribution is 5.92. The normalized spacial score (nSPS) is 9.94. The third-order valence-electron chi connectivity index (χ3n) is 2.14. The molecule has 0 amide bonds. The summed E-state index contributed by atoms with van der Waals surface area (Å²) in [6.45, 7) is 0. The fraction of sp³-hybridized carbons (Fsp3) is 0.0833. The Morgan fingerprint density at radius 3 is 2.76 bits per heavy atom. The average molecular weight is 234 g/mol. The molecule has 5 heteroatoms. The zero-order valence-electron chi connectivity index (χ0n) is 9.04. The maximum Gasteiger partial charge on any atom is 0.339 e. The van der Waals surface area contributed by atoms with E-state index in [-0.39, 0.29) is 11.3 Å². The molecule has 0 saturated carbocycles. The van der Waals surface area contributed by atoms with Crippen LogP contribution in [0.25, 0.3) is 0 Å². The molecule has 0 fully saturated rings. The van der Waals surface area contributed by atoms with Gasteiger partial charge in [0.1, 0.15) is 11.8 Å². The van der Waals surface area contributed by atoms with Crippen LogP contribution in [0.4, 0.5) is 0 Å². The predicted molar refractivity (Wildman–Crippen MR) is 58.7 cm³/mol. The Labute approximate surface area is 97.2 Å². The van der Waals surface area contributed by atoms with E-state index in [2.05, 4.69) is 0 Å². The molecule has 5 nitrogen and oxygen atoms in total. The standard InChI is InChI=1S/C12H10O5/c1-15-10-4-2-3-9(12(13)14)11(10)17-8-5-6-16-7-8/h2-7H,1H3,(H,13,14). The lowest BCUT2D eigenvalue weighted by Gasteiger charge is -2.11. The maximum absolute atomic E-state index is 11.1. The smallest absolute Gasteiger partial charge is 0.339 e. The highest BCUT2D eigenvalue weighted by Crippen LogP contribution is 2.35.